The number of carbonyl (C=O) groups excluding carboxylic acids is 2. The number of para-hydroxylation sites is 1. The maximum Gasteiger partial charge on any atom is 0.265 e. The number of hydrogen-bond donors (Lipinski definition) is 1. The molecule has 0 radical (unpaired) electrons. The van der Waals surface area contributed by atoms with Gasteiger partial charge in [0.1, 0.15) is 6.61 Å². The van der Waals surface area contributed by atoms with E-state index in [1.165, 1.54) is 24.3 Å². The van der Waals surface area contributed by atoms with Gasteiger partial charge in [-0.3, -0.25) is 9.59 Å². The average molecular weight is 369 g/mol. The highest BCUT2D eigenvalue weighted by atomic mass is 32.1. The van der Waals surface area contributed by atoms with Gasteiger partial charge in [-0.2, -0.15) is 0 Å². The summed E-state index contributed by atoms with van der Waals surface area (Å²) in [5.41, 5.74) is 1.99. The molecule has 3 aromatic rings. The minimum absolute atomic E-state index is 0.0272. The third kappa shape index (κ3) is 4.34. The number of carbonyl (C=O) groups is 2. The molecule has 0 atom stereocenters. The molecule has 0 aliphatic heterocycles. The van der Waals surface area contributed by atoms with E-state index >= 15 is 0 Å². The Kier molecular flexibility index (Phi) is 5.43. The second-order valence-electron chi connectivity index (χ2n) is 5.63. The van der Waals surface area contributed by atoms with E-state index in [2.05, 4.69) is 5.32 Å². The Morgan fingerprint density at radius 3 is 2.54 bits per heavy atom. The minimum atomic E-state index is -0.422. The number of anilines is 1. The van der Waals surface area contributed by atoms with Crippen molar-refractivity contribution in [3.8, 4) is 5.75 Å². The Bertz CT molecular complexity index is 934. The van der Waals surface area contributed by atoms with Crippen molar-refractivity contribution in [3.05, 3.63) is 81.8 Å². The Balaban J connectivity index is 1.60. The van der Waals surface area contributed by atoms with Crippen LogP contribution in [0.3, 0.4) is 0 Å². The highest BCUT2D eigenvalue weighted by Crippen LogP contribution is 2.21. The maximum absolute atomic E-state index is 13.5. The number of ether oxygens (including phenoxy) is 1. The van der Waals surface area contributed by atoms with Crippen molar-refractivity contribution in [2.45, 2.75) is 13.5 Å². The standard InChI is InChI=1S/C20H16FNO3S/c1-13(23)15-6-8-16(9-7-15)22-20(24)19-10-14(12-26-19)11-25-18-5-3-2-4-17(18)21/h2-10,12H,11H2,1H3,(H,22,24). The molecule has 0 saturated heterocycles. The van der Waals surface area contributed by atoms with Crippen molar-refractivity contribution in [2.75, 3.05) is 5.32 Å². The van der Waals surface area contributed by atoms with Crippen LogP contribution in [0, 0.1) is 5.82 Å². The minimum Gasteiger partial charge on any atom is -0.486 e. The van der Waals surface area contributed by atoms with Gasteiger partial charge in [0.2, 0.25) is 0 Å². The van der Waals surface area contributed by atoms with Crippen molar-refractivity contribution in [3.63, 3.8) is 0 Å². The first kappa shape index (κ1) is 17.8. The lowest BCUT2D eigenvalue weighted by molar-refractivity contribution is 0.101. The molecule has 0 spiro atoms. The summed E-state index contributed by atoms with van der Waals surface area (Å²) >= 11 is 1.28. The molecular weight excluding hydrogens is 353 g/mol. The summed E-state index contributed by atoms with van der Waals surface area (Å²) in [5, 5.41) is 4.58. The lowest BCUT2D eigenvalue weighted by atomic mass is 10.1. The van der Waals surface area contributed by atoms with Gasteiger partial charge < -0.3 is 10.1 Å². The van der Waals surface area contributed by atoms with Crippen LogP contribution in [0.15, 0.2) is 60.0 Å². The molecule has 0 bridgehead atoms. The molecule has 0 unspecified atom stereocenters. The smallest absolute Gasteiger partial charge is 0.265 e. The molecule has 1 heterocycles. The first-order valence-corrected chi connectivity index (χ1v) is 8.78. The third-order valence-electron chi connectivity index (χ3n) is 3.66. The van der Waals surface area contributed by atoms with E-state index in [0.29, 0.717) is 16.1 Å². The van der Waals surface area contributed by atoms with Crippen LogP contribution in [0.2, 0.25) is 0 Å². The SMILES string of the molecule is CC(=O)c1ccc(NC(=O)c2cc(COc3ccccc3F)cs2)cc1. The van der Waals surface area contributed by atoms with Gasteiger partial charge in [-0.1, -0.05) is 12.1 Å². The molecule has 1 amide bonds. The monoisotopic (exact) mass is 369 g/mol. The van der Waals surface area contributed by atoms with Crippen LogP contribution in [-0.2, 0) is 6.61 Å². The fourth-order valence-corrected chi connectivity index (χ4v) is 3.07. The van der Waals surface area contributed by atoms with Crippen LogP contribution in [0.25, 0.3) is 0 Å². The van der Waals surface area contributed by atoms with Gasteiger partial charge in [-0.15, -0.1) is 11.3 Å². The molecule has 0 aliphatic rings. The van der Waals surface area contributed by atoms with Gasteiger partial charge in [0, 0.05) is 16.8 Å². The molecule has 0 aliphatic carbocycles. The van der Waals surface area contributed by atoms with Crippen molar-refractivity contribution >= 4 is 28.7 Å². The van der Waals surface area contributed by atoms with Crippen molar-refractivity contribution < 1.29 is 18.7 Å². The van der Waals surface area contributed by atoms with E-state index in [0.717, 1.165) is 5.56 Å². The predicted octanol–water partition coefficient (Wildman–Crippen LogP) is 4.92. The van der Waals surface area contributed by atoms with Crippen molar-refractivity contribution in [1.29, 1.82) is 0 Å². The third-order valence-corrected chi connectivity index (χ3v) is 4.64. The molecule has 1 aromatic heterocycles. The normalized spacial score (nSPS) is 10.4. The van der Waals surface area contributed by atoms with Crippen LogP contribution >= 0.6 is 11.3 Å². The summed E-state index contributed by atoms with van der Waals surface area (Å²) in [7, 11) is 0. The average Bonchev–Trinajstić information content (AvgIpc) is 3.11. The van der Waals surface area contributed by atoms with E-state index in [1.807, 2.05) is 0 Å². The highest BCUT2D eigenvalue weighted by Gasteiger charge is 2.11. The predicted molar refractivity (Wildman–Crippen MR) is 99.5 cm³/mol. The molecule has 6 heteroatoms. The van der Waals surface area contributed by atoms with Crippen LogP contribution in [-0.4, -0.2) is 11.7 Å². The second-order valence-corrected chi connectivity index (χ2v) is 6.54. The molecular formula is C20H16FNO3S. The fourth-order valence-electron chi connectivity index (χ4n) is 2.27. The largest absolute Gasteiger partial charge is 0.486 e. The van der Waals surface area contributed by atoms with Gasteiger partial charge in [-0.05, 0) is 54.8 Å². The number of thiophene rings is 1. The highest BCUT2D eigenvalue weighted by molar-refractivity contribution is 7.12. The summed E-state index contributed by atoms with van der Waals surface area (Å²) in [6.45, 7) is 1.67. The number of benzene rings is 2. The number of Topliss-reactive ketones (excluding diaryl/α,β-unsaturated/α-hetero) is 1. The Labute approximate surface area is 154 Å². The zero-order chi connectivity index (χ0) is 18.5. The Morgan fingerprint density at radius 1 is 1.12 bits per heavy atom. The zero-order valence-electron chi connectivity index (χ0n) is 14.0. The van der Waals surface area contributed by atoms with Gasteiger partial charge in [0.05, 0.1) is 4.88 Å². The molecule has 3 rings (SSSR count). The van der Waals surface area contributed by atoms with E-state index in [1.54, 1.807) is 53.9 Å². The maximum atomic E-state index is 13.5. The van der Waals surface area contributed by atoms with Crippen molar-refractivity contribution in [2.24, 2.45) is 0 Å². The topological polar surface area (TPSA) is 55.4 Å². The molecule has 1 N–H and O–H groups in total. The fraction of sp³-hybridized carbons (Fsp3) is 0.100. The van der Waals surface area contributed by atoms with Gasteiger partial charge in [0.15, 0.2) is 17.3 Å². The van der Waals surface area contributed by atoms with E-state index in [-0.39, 0.29) is 24.0 Å². The lowest BCUT2D eigenvalue weighted by Gasteiger charge is -2.05. The summed E-state index contributed by atoms with van der Waals surface area (Å²) < 4.78 is 19.0. The summed E-state index contributed by atoms with van der Waals surface area (Å²) in [6, 6.07) is 14.6. The molecule has 26 heavy (non-hydrogen) atoms. The van der Waals surface area contributed by atoms with Crippen LogP contribution in [0.1, 0.15) is 32.5 Å². The molecule has 0 saturated carbocycles. The quantitative estimate of drug-likeness (QED) is 0.628. The number of nitrogens with one attached hydrogen (secondary N) is 1. The Morgan fingerprint density at radius 2 is 1.85 bits per heavy atom. The molecule has 0 fully saturated rings. The molecule has 132 valence electrons. The summed E-state index contributed by atoms with van der Waals surface area (Å²) in [4.78, 5) is 24.1. The summed E-state index contributed by atoms with van der Waals surface area (Å²) in [5.74, 6) is -0.520. The number of ketones is 1. The van der Waals surface area contributed by atoms with Crippen LogP contribution in [0.5, 0.6) is 5.75 Å². The molecule has 4 nitrogen and oxygen atoms in total. The second kappa shape index (κ2) is 7.93. The van der Waals surface area contributed by atoms with E-state index in [4.69, 9.17) is 4.74 Å². The first-order valence-electron chi connectivity index (χ1n) is 7.90. The first-order chi connectivity index (χ1) is 12.5. The molecule has 2 aromatic carbocycles. The van der Waals surface area contributed by atoms with E-state index < -0.39 is 5.82 Å². The number of hydrogen-bond acceptors (Lipinski definition) is 4. The number of amides is 1. The lowest BCUT2D eigenvalue weighted by Crippen LogP contribution is -2.10. The van der Waals surface area contributed by atoms with Crippen LogP contribution < -0.4 is 10.1 Å². The number of halogens is 1. The van der Waals surface area contributed by atoms with Gasteiger partial charge >= 0.3 is 0 Å². The Hall–Kier alpha value is -2.99. The van der Waals surface area contributed by atoms with Crippen molar-refractivity contribution in [1.82, 2.24) is 0 Å². The van der Waals surface area contributed by atoms with E-state index in [9.17, 15) is 14.0 Å². The van der Waals surface area contributed by atoms with Gasteiger partial charge in [-0.25, -0.2) is 4.39 Å². The van der Waals surface area contributed by atoms with Gasteiger partial charge in [0.25, 0.3) is 5.91 Å². The zero-order valence-corrected chi connectivity index (χ0v) is 14.8. The summed E-state index contributed by atoms with van der Waals surface area (Å²) in [6.07, 6.45) is 0. The number of rotatable bonds is 6. The van der Waals surface area contributed by atoms with Crippen LogP contribution in [0.4, 0.5) is 10.1 Å².